The number of anilines is 1. The standard InChI is InChI=1S/C27H36FN5OS/c1-26(2)16-21(17-27(3,4)32-26)30-22-15-19(11-12-29-22)24-23(18-7-9-20(28)10-8-18)31-25(35-6)33(24)13-14-34-5/h7-12,15,21,32H,13-14,16-17H2,1-6H3,(H,29,30). The van der Waals surface area contributed by atoms with E-state index < -0.39 is 0 Å². The van der Waals surface area contributed by atoms with Gasteiger partial charge in [0.15, 0.2) is 5.16 Å². The highest BCUT2D eigenvalue weighted by molar-refractivity contribution is 7.98. The van der Waals surface area contributed by atoms with Crippen LogP contribution in [0.2, 0.25) is 0 Å². The minimum absolute atomic E-state index is 0.0405. The second kappa shape index (κ2) is 10.3. The van der Waals surface area contributed by atoms with Crippen LogP contribution in [0.3, 0.4) is 0 Å². The predicted molar refractivity (Wildman–Crippen MR) is 142 cm³/mol. The molecule has 0 spiro atoms. The summed E-state index contributed by atoms with van der Waals surface area (Å²) in [5.41, 5.74) is 3.78. The maximum atomic E-state index is 13.7. The molecule has 0 saturated carbocycles. The number of hydrogen-bond acceptors (Lipinski definition) is 6. The van der Waals surface area contributed by atoms with Crippen LogP contribution in [-0.4, -0.2) is 51.6 Å². The number of nitrogens with one attached hydrogen (secondary N) is 2. The van der Waals surface area contributed by atoms with Crippen molar-refractivity contribution in [1.82, 2.24) is 19.9 Å². The lowest BCUT2D eigenvalue weighted by Crippen LogP contribution is -2.60. The van der Waals surface area contributed by atoms with Crippen molar-refractivity contribution in [2.45, 2.75) is 69.4 Å². The highest BCUT2D eigenvalue weighted by Gasteiger charge is 2.37. The molecule has 3 aromatic rings. The van der Waals surface area contributed by atoms with Crippen molar-refractivity contribution in [3.05, 3.63) is 48.4 Å². The fourth-order valence-corrected chi connectivity index (χ4v) is 5.96. The molecule has 1 saturated heterocycles. The van der Waals surface area contributed by atoms with Crippen LogP contribution in [-0.2, 0) is 11.3 Å². The van der Waals surface area contributed by atoms with E-state index in [2.05, 4.69) is 53.9 Å². The lowest BCUT2D eigenvalue weighted by molar-refractivity contribution is 0.170. The number of aromatic nitrogens is 3. The number of nitrogens with zero attached hydrogens (tertiary/aromatic N) is 3. The van der Waals surface area contributed by atoms with E-state index in [1.165, 1.54) is 12.1 Å². The van der Waals surface area contributed by atoms with E-state index in [-0.39, 0.29) is 16.9 Å². The van der Waals surface area contributed by atoms with E-state index >= 15 is 0 Å². The molecule has 35 heavy (non-hydrogen) atoms. The van der Waals surface area contributed by atoms with Crippen molar-refractivity contribution >= 4 is 17.6 Å². The van der Waals surface area contributed by atoms with E-state index in [0.29, 0.717) is 19.2 Å². The minimum atomic E-state index is -0.262. The molecule has 1 aliphatic rings. The van der Waals surface area contributed by atoms with Crippen LogP contribution in [0.15, 0.2) is 47.8 Å². The number of ether oxygens (including phenoxy) is 1. The Labute approximate surface area is 212 Å². The van der Waals surface area contributed by atoms with E-state index in [1.807, 2.05) is 18.5 Å². The number of hydrogen-bond donors (Lipinski definition) is 2. The highest BCUT2D eigenvalue weighted by atomic mass is 32.2. The summed E-state index contributed by atoms with van der Waals surface area (Å²) in [4.78, 5) is 9.59. The minimum Gasteiger partial charge on any atom is -0.383 e. The summed E-state index contributed by atoms with van der Waals surface area (Å²) in [5.74, 6) is 0.582. The largest absolute Gasteiger partial charge is 0.383 e. The molecule has 6 nitrogen and oxygen atoms in total. The van der Waals surface area contributed by atoms with Crippen molar-refractivity contribution in [2.24, 2.45) is 0 Å². The summed E-state index contributed by atoms with van der Waals surface area (Å²) in [6.07, 6.45) is 5.87. The van der Waals surface area contributed by atoms with E-state index in [1.54, 1.807) is 31.0 Å². The highest BCUT2D eigenvalue weighted by Crippen LogP contribution is 2.37. The molecule has 2 aromatic heterocycles. The molecule has 0 radical (unpaired) electrons. The van der Waals surface area contributed by atoms with Gasteiger partial charge in [-0.3, -0.25) is 0 Å². The molecule has 1 aliphatic heterocycles. The van der Waals surface area contributed by atoms with Crippen LogP contribution >= 0.6 is 11.8 Å². The summed E-state index contributed by atoms with van der Waals surface area (Å²) in [6.45, 7) is 10.2. The number of halogens is 1. The van der Waals surface area contributed by atoms with Gasteiger partial charge < -0.3 is 19.9 Å². The van der Waals surface area contributed by atoms with Crippen LogP contribution in [0.4, 0.5) is 10.2 Å². The Bertz CT molecular complexity index is 1140. The molecule has 1 fully saturated rings. The summed E-state index contributed by atoms with van der Waals surface area (Å²) >= 11 is 1.59. The van der Waals surface area contributed by atoms with Gasteiger partial charge in [0.1, 0.15) is 11.6 Å². The van der Waals surface area contributed by atoms with E-state index in [0.717, 1.165) is 46.3 Å². The molecule has 188 valence electrons. The number of piperidine rings is 1. The van der Waals surface area contributed by atoms with Gasteiger partial charge in [0, 0.05) is 48.1 Å². The summed E-state index contributed by atoms with van der Waals surface area (Å²) in [5, 5.41) is 8.32. The Morgan fingerprint density at radius 3 is 2.43 bits per heavy atom. The zero-order valence-corrected chi connectivity index (χ0v) is 22.3. The third-order valence-electron chi connectivity index (χ3n) is 6.33. The number of thioether (sulfide) groups is 1. The van der Waals surface area contributed by atoms with E-state index in [4.69, 9.17) is 9.72 Å². The third-order valence-corrected chi connectivity index (χ3v) is 7.00. The third kappa shape index (κ3) is 6.05. The number of pyridine rings is 1. The van der Waals surface area contributed by atoms with Gasteiger partial charge in [0.25, 0.3) is 0 Å². The Hall–Kier alpha value is -2.42. The smallest absolute Gasteiger partial charge is 0.168 e. The number of rotatable bonds is 8. The maximum Gasteiger partial charge on any atom is 0.168 e. The summed E-state index contributed by atoms with van der Waals surface area (Å²) in [6, 6.07) is 10.9. The molecule has 8 heteroatoms. The van der Waals surface area contributed by atoms with Gasteiger partial charge in [-0.1, -0.05) is 11.8 Å². The SMILES string of the molecule is COCCn1c(SC)nc(-c2ccc(F)cc2)c1-c1ccnc(NC2CC(C)(C)NC(C)(C)C2)c1. The van der Waals surface area contributed by atoms with Crippen LogP contribution in [0.25, 0.3) is 22.5 Å². The van der Waals surface area contributed by atoms with Gasteiger partial charge in [0.2, 0.25) is 0 Å². The Balaban J connectivity index is 1.74. The first-order valence-corrected chi connectivity index (χ1v) is 13.2. The fourth-order valence-electron chi connectivity index (χ4n) is 5.37. The fraction of sp³-hybridized carbons (Fsp3) is 0.481. The first-order chi connectivity index (χ1) is 16.6. The molecule has 3 heterocycles. The van der Waals surface area contributed by atoms with Crippen LogP contribution in [0, 0.1) is 5.82 Å². The predicted octanol–water partition coefficient (Wildman–Crippen LogP) is 5.84. The lowest BCUT2D eigenvalue weighted by Gasteiger charge is -2.46. The van der Waals surface area contributed by atoms with Gasteiger partial charge in [-0.15, -0.1) is 0 Å². The molecule has 0 aliphatic carbocycles. The zero-order valence-electron chi connectivity index (χ0n) is 21.5. The number of imidazole rings is 1. The molecule has 0 unspecified atom stereocenters. The quantitative estimate of drug-likeness (QED) is 0.381. The second-order valence-electron chi connectivity index (χ2n) is 10.5. The Morgan fingerprint density at radius 1 is 1.11 bits per heavy atom. The summed E-state index contributed by atoms with van der Waals surface area (Å²) < 4.78 is 21.2. The van der Waals surface area contributed by atoms with Gasteiger partial charge in [0.05, 0.1) is 18.0 Å². The second-order valence-corrected chi connectivity index (χ2v) is 11.3. The number of methoxy groups -OCH3 is 1. The maximum absolute atomic E-state index is 13.7. The summed E-state index contributed by atoms with van der Waals surface area (Å²) in [7, 11) is 1.70. The Kier molecular flexibility index (Phi) is 7.54. The molecule has 4 rings (SSSR count). The van der Waals surface area contributed by atoms with Crippen molar-refractivity contribution in [3.8, 4) is 22.5 Å². The van der Waals surface area contributed by atoms with E-state index in [9.17, 15) is 4.39 Å². The van der Waals surface area contributed by atoms with Crippen molar-refractivity contribution in [1.29, 1.82) is 0 Å². The molecule has 1 aromatic carbocycles. The average molecular weight is 498 g/mol. The van der Waals surface area contributed by atoms with Crippen LogP contribution in [0.5, 0.6) is 0 Å². The molecule has 0 bridgehead atoms. The van der Waals surface area contributed by atoms with Crippen molar-refractivity contribution < 1.29 is 9.13 Å². The molecular formula is C27H36FN5OS. The monoisotopic (exact) mass is 497 g/mol. The first kappa shape index (κ1) is 25.7. The zero-order chi connectivity index (χ0) is 25.2. The lowest BCUT2D eigenvalue weighted by atomic mass is 9.79. The van der Waals surface area contributed by atoms with Crippen molar-refractivity contribution in [3.63, 3.8) is 0 Å². The van der Waals surface area contributed by atoms with Crippen LogP contribution in [0.1, 0.15) is 40.5 Å². The van der Waals surface area contributed by atoms with Gasteiger partial charge >= 0.3 is 0 Å². The molecule has 0 atom stereocenters. The van der Waals surface area contributed by atoms with Crippen molar-refractivity contribution in [2.75, 3.05) is 25.3 Å². The number of benzene rings is 1. The average Bonchev–Trinajstić information content (AvgIpc) is 3.14. The molecule has 2 N–H and O–H groups in total. The van der Waals surface area contributed by atoms with Gasteiger partial charge in [-0.2, -0.15) is 0 Å². The molecule has 0 amide bonds. The van der Waals surface area contributed by atoms with Gasteiger partial charge in [-0.25, -0.2) is 14.4 Å². The Morgan fingerprint density at radius 2 is 1.80 bits per heavy atom. The van der Waals surface area contributed by atoms with Crippen LogP contribution < -0.4 is 10.6 Å². The molecular weight excluding hydrogens is 461 g/mol. The first-order valence-electron chi connectivity index (χ1n) is 12.0. The topological polar surface area (TPSA) is 64.0 Å². The van der Waals surface area contributed by atoms with Gasteiger partial charge in [-0.05, 0) is 83.2 Å². The normalized spacial score (nSPS) is 17.5.